The number of hydrogen-bond acceptors (Lipinski definition) is 7. The lowest BCUT2D eigenvalue weighted by Crippen LogP contribution is -2.43. The Hall–Kier alpha value is -2.77. The molecule has 1 amide bonds. The number of ketones is 1. The van der Waals surface area contributed by atoms with Crippen molar-refractivity contribution in [3.05, 3.63) is 11.6 Å². The number of Topliss-reactive ketones (excluding diaryl/α,β-unsaturated/α-hetero) is 1. The van der Waals surface area contributed by atoms with E-state index in [1.807, 2.05) is 13.8 Å². The first kappa shape index (κ1) is 20.5. The van der Waals surface area contributed by atoms with Gasteiger partial charge in [0, 0.05) is 6.07 Å². The molecule has 0 aromatic heterocycles. The predicted octanol–water partition coefficient (Wildman–Crippen LogP) is 2.22. The third-order valence-electron chi connectivity index (χ3n) is 4.38. The molecule has 1 aliphatic rings. The van der Waals surface area contributed by atoms with Gasteiger partial charge in [0.1, 0.15) is 6.04 Å². The van der Waals surface area contributed by atoms with E-state index in [-0.39, 0.29) is 35.1 Å². The Morgan fingerprint density at radius 1 is 1.04 bits per heavy atom. The number of amides is 1. The number of esters is 1. The first-order valence-corrected chi connectivity index (χ1v) is 8.65. The maximum atomic E-state index is 12.6. The molecule has 1 heterocycles. The second kappa shape index (κ2) is 8.28. The third kappa shape index (κ3) is 3.70. The van der Waals surface area contributed by atoms with E-state index in [0.717, 1.165) is 4.90 Å². The molecule has 0 aliphatic carbocycles. The van der Waals surface area contributed by atoms with E-state index in [9.17, 15) is 14.4 Å². The highest BCUT2D eigenvalue weighted by Crippen LogP contribution is 2.48. The fourth-order valence-corrected chi connectivity index (χ4v) is 2.88. The highest BCUT2D eigenvalue weighted by atomic mass is 16.5. The molecule has 0 fully saturated rings. The van der Waals surface area contributed by atoms with Gasteiger partial charge in [-0.15, -0.1) is 0 Å². The van der Waals surface area contributed by atoms with Gasteiger partial charge in [-0.3, -0.25) is 14.5 Å². The van der Waals surface area contributed by atoms with E-state index in [1.54, 1.807) is 0 Å². The summed E-state index contributed by atoms with van der Waals surface area (Å²) in [5.41, 5.74) is 0.273. The highest BCUT2D eigenvalue weighted by Gasteiger charge is 2.45. The molecule has 8 nitrogen and oxygen atoms in total. The summed E-state index contributed by atoms with van der Waals surface area (Å²) in [5.74, 6) is -1.23. The molecule has 8 heteroatoms. The van der Waals surface area contributed by atoms with Crippen LogP contribution in [0.4, 0.5) is 5.69 Å². The number of fused-ring (bicyclic) bond motifs is 1. The lowest BCUT2D eigenvalue weighted by atomic mass is 10.1. The summed E-state index contributed by atoms with van der Waals surface area (Å²) < 4.78 is 21.1. The molecule has 0 radical (unpaired) electrons. The Kier molecular flexibility index (Phi) is 6.30. The summed E-state index contributed by atoms with van der Waals surface area (Å²) in [6.07, 6.45) is 0.709. The Bertz CT molecular complexity index is 757. The van der Waals surface area contributed by atoms with Gasteiger partial charge in [0.25, 0.3) is 11.7 Å². The van der Waals surface area contributed by atoms with Crippen molar-refractivity contribution in [3.8, 4) is 17.2 Å². The van der Waals surface area contributed by atoms with Gasteiger partial charge in [0.05, 0.1) is 39.2 Å². The SMILES string of the molecule is COc1cc2c(c(OC)c1OC)C(=O)C(=O)N2C(C)C(=O)OCCC(C)C. The van der Waals surface area contributed by atoms with Crippen LogP contribution in [0.15, 0.2) is 6.07 Å². The van der Waals surface area contributed by atoms with Gasteiger partial charge >= 0.3 is 5.97 Å². The minimum Gasteiger partial charge on any atom is -0.493 e. The van der Waals surface area contributed by atoms with E-state index in [1.165, 1.54) is 34.3 Å². The maximum absolute atomic E-state index is 12.6. The molecule has 27 heavy (non-hydrogen) atoms. The monoisotopic (exact) mass is 379 g/mol. The molecule has 0 saturated heterocycles. The van der Waals surface area contributed by atoms with Crippen molar-refractivity contribution in [3.63, 3.8) is 0 Å². The molecule has 0 bridgehead atoms. The number of nitrogens with zero attached hydrogens (tertiary/aromatic N) is 1. The zero-order valence-corrected chi connectivity index (χ0v) is 16.5. The van der Waals surface area contributed by atoms with Crippen molar-refractivity contribution in [2.45, 2.75) is 33.2 Å². The zero-order valence-electron chi connectivity index (χ0n) is 16.5. The summed E-state index contributed by atoms with van der Waals surface area (Å²) in [4.78, 5) is 38.7. The Balaban J connectivity index is 2.44. The lowest BCUT2D eigenvalue weighted by Gasteiger charge is -2.24. The summed E-state index contributed by atoms with van der Waals surface area (Å²) in [7, 11) is 4.19. The standard InChI is InChI=1S/C19H25NO7/c1-10(2)7-8-27-19(23)11(3)20-12-9-13(24-4)16(25-5)17(26-6)14(12)15(21)18(20)22/h9-11H,7-8H2,1-6H3. The number of hydrogen-bond donors (Lipinski definition) is 0. The smallest absolute Gasteiger partial charge is 0.328 e. The van der Waals surface area contributed by atoms with Crippen LogP contribution in [-0.2, 0) is 14.3 Å². The molecule has 1 aromatic carbocycles. The van der Waals surface area contributed by atoms with Crippen LogP contribution in [-0.4, -0.2) is 51.6 Å². The number of ether oxygens (including phenoxy) is 4. The Labute approximate surface area is 158 Å². The fourth-order valence-electron chi connectivity index (χ4n) is 2.88. The number of anilines is 1. The molecule has 0 saturated carbocycles. The largest absolute Gasteiger partial charge is 0.493 e. The average molecular weight is 379 g/mol. The van der Waals surface area contributed by atoms with E-state index in [4.69, 9.17) is 18.9 Å². The number of rotatable bonds is 8. The first-order valence-electron chi connectivity index (χ1n) is 8.65. The minimum atomic E-state index is -0.974. The highest BCUT2D eigenvalue weighted by molar-refractivity contribution is 6.53. The molecule has 1 atom stereocenters. The van der Waals surface area contributed by atoms with Crippen LogP contribution in [0, 0.1) is 5.92 Å². The summed E-state index contributed by atoms with van der Waals surface area (Å²) in [6, 6.07) is 0.509. The van der Waals surface area contributed by atoms with Crippen LogP contribution in [0.3, 0.4) is 0 Å². The molecule has 2 rings (SSSR count). The van der Waals surface area contributed by atoms with Gasteiger partial charge in [-0.25, -0.2) is 4.79 Å². The van der Waals surface area contributed by atoms with Gasteiger partial charge in [0.15, 0.2) is 11.5 Å². The van der Waals surface area contributed by atoms with Crippen LogP contribution >= 0.6 is 0 Å². The average Bonchev–Trinajstić information content (AvgIpc) is 2.89. The number of carbonyl (C=O) groups is 3. The Morgan fingerprint density at radius 2 is 1.67 bits per heavy atom. The van der Waals surface area contributed by atoms with Gasteiger partial charge in [-0.05, 0) is 19.3 Å². The summed E-state index contributed by atoms with van der Waals surface area (Å²) in [6.45, 7) is 5.80. The number of methoxy groups -OCH3 is 3. The van der Waals surface area contributed by atoms with Crippen LogP contribution in [0.25, 0.3) is 0 Å². The fraction of sp³-hybridized carbons (Fsp3) is 0.526. The topological polar surface area (TPSA) is 91.4 Å². The molecule has 0 spiro atoms. The Morgan fingerprint density at radius 3 is 2.19 bits per heavy atom. The van der Waals surface area contributed by atoms with Crippen molar-refractivity contribution in [1.82, 2.24) is 0 Å². The van der Waals surface area contributed by atoms with Crippen LogP contribution in [0.1, 0.15) is 37.6 Å². The molecule has 1 aromatic rings. The van der Waals surface area contributed by atoms with Crippen molar-refractivity contribution in [2.75, 3.05) is 32.8 Å². The third-order valence-corrected chi connectivity index (χ3v) is 4.38. The quantitative estimate of drug-likeness (QED) is 0.505. The molecule has 1 unspecified atom stereocenters. The summed E-state index contributed by atoms with van der Waals surface area (Å²) in [5, 5.41) is 0. The van der Waals surface area contributed by atoms with Crippen molar-refractivity contribution < 1.29 is 33.3 Å². The van der Waals surface area contributed by atoms with E-state index >= 15 is 0 Å². The van der Waals surface area contributed by atoms with Crippen LogP contribution in [0.5, 0.6) is 17.2 Å². The molecule has 148 valence electrons. The van der Waals surface area contributed by atoms with Crippen molar-refractivity contribution in [1.29, 1.82) is 0 Å². The molecule has 1 aliphatic heterocycles. The van der Waals surface area contributed by atoms with Crippen molar-refractivity contribution >= 4 is 23.3 Å². The second-order valence-electron chi connectivity index (χ2n) is 6.57. The number of benzene rings is 1. The van der Waals surface area contributed by atoms with E-state index in [2.05, 4.69) is 0 Å². The van der Waals surface area contributed by atoms with Gasteiger partial charge in [-0.2, -0.15) is 0 Å². The molecule has 0 N–H and O–H groups in total. The zero-order chi connectivity index (χ0) is 20.3. The number of carbonyl (C=O) groups excluding carboxylic acids is 3. The molecular formula is C19H25NO7. The van der Waals surface area contributed by atoms with Gasteiger partial charge in [0.2, 0.25) is 5.75 Å². The first-order chi connectivity index (χ1) is 12.8. The molecular weight excluding hydrogens is 354 g/mol. The normalized spacial score (nSPS) is 14.3. The maximum Gasteiger partial charge on any atom is 0.328 e. The van der Waals surface area contributed by atoms with Crippen molar-refractivity contribution in [2.24, 2.45) is 5.92 Å². The second-order valence-corrected chi connectivity index (χ2v) is 6.57. The minimum absolute atomic E-state index is 0.0435. The lowest BCUT2D eigenvalue weighted by molar-refractivity contribution is -0.145. The van der Waals surface area contributed by atoms with Crippen LogP contribution < -0.4 is 19.1 Å². The van der Waals surface area contributed by atoms with E-state index < -0.39 is 23.7 Å². The van der Waals surface area contributed by atoms with Gasteiger partial charge < -0.3 is 18.9 Å². The summed E-state index contributed by atoms with van der Waals surface area (Å²) >= 11 is 0. The van der Waals surface area contributed by atoms with E-state index in [0.29, 0.717) is 12.3 Å². The predicted molar refractivity (Wildman–Crippen MR) is 97.8 cm³/mol. The van der Waals surface area contributed by atoms with Gasteiger partial charge in [-0.1, -0.05) is 13.8 Å². The van der Waals surface area contributed by atoms with Crippen LogP contribution in [0.2, 0.25) is 0 Å².